The molecule has 1 aliphatic rings. The van der Waals surface area contributed by atoms with E-state index >= 15 is 0 Å². The lowest BCUT2D eigenvalue weighted by molar-refractivity contribution is 0.0696. The Morgan fingerprint density at radius 2 is 2.29 bits per heavy atom. The summed E-state index contributed by atoms with van der Waals surface area (Å²) in [5.41, 5.74) is 7.83. The number of benzene rings is 1. The lowest BCUT2D eigenvalue weighted by atomic mass is 10.0. The summed E-state index contributed by atoms with van der Waals surface area (Å²) >= 11 is 1.69. The Morgan fingerprint density at radius 1 is 1.50 bits per heavy atom. The average molecular weight is 209 g/mol. The van der Waals surface area contributed by atoms with Gasteiger partial charge in [-0.2, -0.15) is 0 Å². The van der Waals surface area contributed by atoms with Crippen LogP contribution in [0.4, 0.5) is 5.69 Å². The van der Waals surface area contributed by atoms with Gasteiger partial charge in [-0.25, -0.2) is 4.79 Å². The van der Waals surface area contributed by atoms with Gasteiger partial charge < -0.3 is 10.8 Å². The molecule has 1 heterocycles. The van der Waals surface area contributed by atoms with Gasteiger partial charge in [0.05, 0.1) is 5.56 Å². The van der Waals surface area contributed by atoms with Crippen molar-refractivity contribution in [3.05, 3.63) is 23.3 Å². The zero-order valence-corrected chi connectivity index (χ0v) is 8.43. The molecule has 0 amide bonds. The lowest BCUT2D eigenvalue weighted by Gasteiger charge is -2.17. The number of nitrogen functional groups attached to an aromatic ring is 1. The third kappa shape index (κ3) is 1.57. The van der Waals surface area contributed by atoms with Crippen LogP contribution < -0.4 is 5.73 Å². The van der Waals surface area contributed by atoms with E-state index in [1.54, 1.807) is 23.9 Å². The minimum absolute atomic E-state index is 0.288. The number of anilines is 1. The number of aromatic carboxylic acids is 1. The number of thioether (sulfide) groups is 1. The van der Waals surface area contributed by atoms with Gasteiger partial charge in [0, 0.05) is 10.6 Å². The van der Waals surface area contributed by atoms with Crippen molar-refractivity contribution < 1.29 is 9.90 Å². The maximum atomic E-state index is 10.8. The SMILES string of the molecule is Nc1cc(C(=O)O)cc2c1CCCS2. The number of rotatable bonds is 1. The molecule has 0 saturated heterocycles. The Hall–Kier alpha value is -1.16. The summed E-state index contributed by atoms with van der Waals surface area (Å²) in [6.45, 7) is 0. The first-order chi connectivity index (χ1) is 6.68. The Bertz CT molecular complexity index is 390. The third-order valence-corrected chi connectivity index (χ3v) is 3.49. The number of carboxylic acid groups (broad SMARTS) is 1. The zero-order chi connectivity index (χ0) is 10.1. The van der Waals surface area contributed by atoms with E-state index in [9.17, 15) is 4.79 Å². The molecule has 74 valence electrons. The van der Waals surface area contributed by atoms with Gasteiger partial charge in [0.15, 0.2) is 0 Å². The van der Waals surface area contributed by atoms with E-state index < -0.39 is 5.97 Å². The van der Waals surface area contributed by atoms with E-state index in [4.69, 9.17) is 10.8 Å². The van der Waals surface area contributed by atoms with Gasteiger partial charge in [0.2, 0.25) is 0 Å². The molecule has 3 nitrogen and oxygen atoms in total. The first-order valence-corrected chi connectivity index (χ1v) is 5.45. The van der Waals surface area contributed by atoms with Gasteiger partial charge in [0.1, 0.15) is 0 Å². The van der Waals surface area contributed by atoms with E-state index in [1.165, 1.54) is 0 Å². The number of fused-ring (bicyclic) bond motifs is 1. The Morgan fingerprint density at radius 3 is 3.00 bits per heavy atom. The highest BCUT2D eigenvalue weighted by Gasteiger charge is 2.15. The van der Waals surface area contributed by atoms with Crippen LogP contribution in [0.25, 0.3) is 0 Å². The fourth-order valence-corrected chi connectivity index (χ4v) is 2.73. The molecule has 1 aromatic carbocycles. The van der Waals surface area contributed by atoms with Crippen molar-refractivity contribution in [3.8, 4) is 0 Å². The van der Waals surface area contributed by atoms with Gasteiger partial charge >= 0.3 is 5.97 Å². The van der Waals surface area contributed by atoms with Crippen LogP contribution >= 0.6 is 11.8 Å². The van der Waals surface area contributed by atoms with Crippen LogP contribution in [-0.2, 0) is 6.42 Å². The summed E-state index contributed by atoms with van der Waals surface area (Å²) in [5.74, 6) is 0.140. The van der Waals surface area contributed by atoms with Crippen LogP contribution in [0.3, 0.4) is 0 Å². The quantitative estimate of drug-likeness (QED) is 0.694. The van der Waals surface area contributed by atoms with E-state index in [0.29, 0.717) is 5.69 Å². The van der Waals surface area contributed by atoms with Crippen molar-refractivity contribution in [2.45, 2.75) is 17.7 Å². The second-order valence-electron chi connectivity index (χ2n) is 3.30. The van der Waals surface area contributed by atoms with Crippen LogP contribution in [0.5, 0.6) is 0 Å². The summed E-state index contributed by atoms with van der Waals surface area (Å²) in [6.07, 6.45) is 2.09. The first kappa shape index (κ1) is 9.40. The van der Waals surface area contributed by atoms with E-state index in [-0.39, 0.29) is 5.56 Å². The molecule has 0 bridgehead atoms. The van der Waals surface area contributed by atoms with E-state index in [1.807, 2.05) is 0 Å². The highest BCUT2D eigenvalue weighted by molar-refractivity contribution is 7.99. The van der Waals surface area contributed by atoms with Gasteiger partial charge in [-0.15, -0.1) is 11.8 Å². The smallest absolute Gasteiger partial charge is 0.335 e. The minimum Gasteiger partial charge on any atom is -0.478 e. The predicted molar refractivity (Wildman–Crippen MR) is 56.9 cm³/mol. The number of carboxylic acids is 1. The second-order valence-corrected chi connectivity index (χ2v) is 4.44. The van der Waals surface area contributed by atoms with Gasteiger partial charge in [-0.05, 0) is 36.3 Å². The molecular formula is C10H11NO2S. The molecule has 1 aromatic rings. The summed E-state index contributed by atoms with van der Waals surface area (Å²) in [5, 5.41) is 8.85. The third-order valence-electron chi connectivity index (χ3n) is 2.32. The second kappa shape index (κ2) is 3.53. The molecule has 0 spiro atoms. The average Bonchev–Trinajstić information content (AvgIpc) is 2.17. The molecular weight excluding hydrogens is 198 g/mol. The normalized spacial score (nSPS) is 14.9. The van der Waals surface area contributed by atoms with Gasteiger partial charge in [0.25, 0.3) is 0 Å². The fraction of sp³-hybridized carbons (Fsp3) is 0.300. The molecule has 3 N–H and O–H groups in total. The number of hydrogen-bond donors (Lipinski definition) is 2. The largest absolute Gasteiger partial charge is 0.478 e. The van der Waals surface area contributed by atoms with Crippen molar-refractivity contribution in [1.82, 2.24) is 0 Å². The van der Waals surface area contributed by atoms with Crippen molar-refractivity contribution in [2.24, 2.45) is 0 Å². The molecule has 4 heteroatoms. The van der Waals surface area contributed by atoms with Crippen molar-refractivity contribution in [3.63, 3.8) is 0 Å². The monoisotopic (exact) mass is 209 g/mol. The topological polar surface area (TPSA) is 63.3 Å². The fourth-order valence-electron chi connectivity index (χ4n) is 1.62. The van der Waals surface area contributed by atoms with Crippen LogP contribution in [0.1, 0.15) is 22.3 Å². The maximum absolute atomic E-state index is 10.8. The van der Waals surface area contributed by atoms with Crippen LogP contribution in [0.15, 0.2) is 17.0 Å². The molecule has 14 heavy (non-hydrogen) atoms. The number of carbonyl (C=O) groups is 1. The summed E-state index contributed by atoms with van der Waals surface area (Å²) in [7, 11) is 0. The summed E-state index contributed by atoms with van der Waals surface area (Å²) in [6, 6.07) is 3.27. The lowest BCUT2D eigenvalue weighted by Crippen LogP contribution is -2.06. The first-order valence-electron chi connectivity index (χ1n) is 4.47. The molecule has 0 aromatic heterocycles. The van der Waals surface area contributed by atoms with Gasteiger partial charge in [-0.3, -0.25) is 0 Å². The highest BCUT2D eigenvalue weighted by Crippen LogP contribution is 2.34. The number of nitrogens with two attached hydrogens (primary N) is 1. The molecule has 0 radical (unpaired) electrons. The summed E-state index contributed by atoms with van der Waals surface area (Å²) < 4.78 is 0. The van der Waals surface area contributed by atoms with Crippen LogP contribution in [-0.4, -0.2) is 16.8 Å². The van der Waals surface area contributed by atoms with Crippen LogP contribution in [0.2, 0.25) is 0 Å². The van der Waals surface area contributed by atoms with Gasteiger partial charge in [-0.1, -0.05) is 0 Å². The molecule has 2 rings (SSSR count). The van der Waals surface area contributed by atoms with Crippen molar-refractivity contribution in [2.75, 3.05) is 11.5 Å². The molecule has 1 aliphatic heterocycles. The van der Waals surface area contributed by atoms with E-state index in [0.717, 1.165) is 29.1 Å². The van der Waals surface area contributed by atoms with Crippen molar-refractivity contribution in [1.29, 1.82) is 0 Å². The molecule has 0 atom stereocenters. The maximum Gasteiger partial charge on any atom is 0.335 e. The Kier molecular flexibility index (Phi) is 2.37. The highest BCUT2D eigenvalue weighted by atomic mass is 32.2. The molecule has 0 fully saturated rings. The van der Waals surface area contributed by atoms with E-state index in [2.05, 4.69) is 0 Å². The number of hydrogen-bond acceptors (Lipinski definition) is 3. The Balaban J connectivity index is 2.51. The summed E-state index contributed by atoms with van der Waals surface area (Å²) in [4.78, 5) is 11.8. The molecule has 0 aliphatic carbocycles. The minimum atomic E-state index is -0.911. The predicted octanol–water partition coefficient (Wildman–Crippen LogP) is 2.01. The zero-order valence-electron chi connectivity index (χ0n) is 7.62. The van der Waals surface area contributed by atoms with Crippen molar-refractivity contribution >= 4 is 23.4 Å². The van der Waals surface area contributed by atoms with Crippen LogP contribution in [0, 0.1) is 0 Å². The standard InChI is InChI=1S/C10H11NO2S/c11-8-4-6(10(12)13)5-9-7(8)2-1-3-14-9/h4-5H,1-3,11H2,(H,12,13). The molecule has 0 unspecified atom stereocenters. The Labute approximate surface area is 86.3 Å². The molecule has 0 saturated carbocycles.